The number of carbonyl (C=O) groups excluding carboxylic acids is 1. The molecule has 2 aromatic heterocycles. The van der Waals surface area contributed by atoms with Crippen molar-refractivity contribution in [2.45, 2.75) is 12.4 Å². The molecular weight excluding hydrogens is 434 g/mol. The van der Waals surface area contributed by atoms with Crippen LogP contribution < -0.4 is 5.32 Å². The van der Waals surface area contributed by atoms with Crippen LogP contribution in [0.25, 0.3) is 11.4 Å². The van der Waals surface area contributed by atoms with Crippen molar-refractivity contribution in [3.05, 3.63) is 64.2 Å². The lowest BCUT2D eigenvalue weighted by Gasteiger charge is -2.07. The molecule has 0 unspecified atom stereocenters. The topological polar surface area (TPSA) is 78.7 Å². The Hall–Kier alpha value is -3.46. The van der Waals surface area contributed by atoms with Crippen LogP contribution in [0.1, 0.15) is 26.4 Å². The summed E-state index contributed by atoms with van der Waals surface area (Å²) in [5, 5.41) is 11.5. The fourth-order valence-corrected chi connectivity index (χ4v) is 3.07. The molecule has 0 saturated heterocycles. The van der Waals surface area contributed by atoms with Crippen LogP contribution in [0.15, 0.2) is 42.6 Å². The van der Waals surface area contributed by atoms with Gasteiger partial charge in [0.2, 0.25) is 0 Å². The van der Waals surface area contributed by atoms with E-state index in [0.717, 1.165) is 47.7 Å². The van der Waals surface area contributed by atoms with Crippen LogP contribution in [0.5, 0.6) is 0 Å². The number of nitriles is 1. The highest BCUT2D eigenvalue weighted by Crippen LogP contribution is 2.33. The molecule has 1 N–H and O–H groups in total. The number of nitrogens with zero attached hydrogens (tertiary/aromatic N) is 3. The lowest BCUT2D eigenvalue weighted by atomic mass is 10.1. The number of amides is 1. The molecule has 0 radical (unpaired) electrons. The predicted octanol–water partition coefficient (Wildman–Crippen LogP) is 5.37. The van der Waals surface area contributed by atoms with E-state index in [-0.39, 0.29) is 27.0 Å². The van der Waals surface area contributed by atoms with Gasteiger partial charge in [-0.25, -0.2) is 4.98 Å². The second-order valence-electron chi connectivity index (χ2n) is 5.77. The zero-order chi connectivity index (χ0) is 22.1. The Morgan fingerprint density at radius 2 is 1.57 bits per heavy atom. The first-order valence-corrected chi connectivity index (χ1v) is 8.74. The maximum atomic E-state index is 12.7. The van der Waals surface area contributed by atoms with E-state index in [9.17, 15) is 36.4 Å². The van der Waals surface area contributed by atoms with Crippen LogP contribution in [0.2, 0.25) is 0 Å². The van der Waals surface area contributed by atoms with Gasteiger partial charge in [-0.1, -0.05) is 11.3 Å². The molecule has 0 bridgehead atoms. The molecule has 154 valence electrons. The van der Waals surface area contributed by atoms with E-state index < -0.39 is 29.4 Å². The molecule has 0 spiro atoms. The van der Waals surface area contributed by atoms with Gasteiger partial charge in [0.05, 0.1) is 16.8 Å². The number of alkyl halides is 6. The Morgan fingerprint density at radius 3 is 2.07 bits per heavy atom. The number of halogens is 6. The van der Waals surface area contributed by atoms with E-state index in [0.29, 0.717) is 6.20 Å². The number of hydrogen-bond acceptors (Lipinski definition) is 5. The normalized spacial score (nSPS) is 11.8. The van der Waals surface area contributed by atoms with E-state index in [1.54, 1.807) is 0 Å². The van der Waals surface area contributed by atoms with Gasteiger partial charge < -0.3 is 0 Å². The lowest BCUT2D eigenvalue weighted by molar-refractivity contribution is -0.138. The van der Waals surface area contributed by atoms with E-state index in [4.69, 9.17) is 0 Å². The number of anilines is 1. The second kappa shape index (κ2) is 7.75. The van der Waals surface area contributed by atoms with Crippen molar-refractivity contribution in [2.24, 2.45) is 0 Å². The molecule has 12 heteroatoms. The lowest BCUT2D eigenvalue weighted by Crippen LogP contribution is -2.12. The van der Waals surface area contributed by atoms with Crippen LogP contribution in [-0.2, 0) is 12.4 Å². The fourth-order valence-electron chi connectivity index (χ4n) is 2.30. The van der Waals surface area contributed by atoms with Crippen molar-refractivity contribution in [1.29, 1.82) is 5.26 Å². The molecule has 5 nitrogen and oxygen atoms in total. The van der Waals surface area contributed by atoms with Gasteiger partial charge in [0.25, 0.3) is 5.91 Å². The standard InChI is InChI=1S/C18H8F6N4OS/c19-17(20,21)10-3-1-9(2-4-10)15(29)28-16-27-14(13(7-25)30-16)12-6-5-11(8-26-12)18(22,23)24/h1-6,8H,(H,27,28,29). The predicted molar refractivity (Wildman–Crippen MR) is 94.5 cm³/mol. The highest BCUT2D eigenvalue weighted by Gasteiger charge is 2.31. The average molecular weight is 442 g/mol. The smallest absolute Gasteiger partial charge is 0.298 e. The minimum absolute atomic E-state index is 0.00849. The molecule has 0 atom stereocenters. The number of nitrogens with one attached hydrogen (secondary N) is 1. The van der Waals surface area contributed by atoms with Gasteiger partial charge in [-0.05, 0) is 36.4 Å². The molecule has 2 heterocycles. The summed E-state index contributed by atoms with van der Waals surface area (Å²) in [6.07, 6.45) is -8.53. The molecular formula is C18H8F6N4OS. The van der Waals surface area contributed by atoms with Gasteiger partial charge in [-0.3, -0.25) is 15.1 Å². The number of pyridine rings is 1. The Kier molecular flexibility index (Phi) is 5.49. The van der Waals surface area contributed by atoms with Gasteiger partial charge in [0, 0.05) is 11.8 Å². The van der Waals surface area contributed by atoms with Crippen LogP contribution in [0.3, 0.4) is 0 Å². The first-order valence-electron chi connectivity index (χ1n) is 7.92. The van der Waals surface area contributed by atoms with E-state index in [1.807, 2.05) is 6.07 Å². The van der Waals surface area contributed by atoms with Crippen LogP contribution in [0.4, 0.5) is 31.5 Å². The van der Waals surface area contributed by atoms with Gasteiger partial charge in [0.15, 0.2) is 5.13 Å². The van der Waals surface area contributed by atoms with Gasteiger partial charge >= 0.3 is 12.4 Å². The molecule has 1 amide bonds. The molecule has 1 aromatic carbocycles. The summed E-state index contributed by atoms with van der Waals surface area (Å²) in [7, 11) is 0. The number of aromatic nitrogens is 2. The fraction of sp³-hybridized carbons (Fsp3) is 0.111. The highest BCUT2D eigenvalue weighted by atomic mass is 32.1. The second-order valence-corrected chi connectivity index (χ2v) is 6.77. The van der Waals surface area contributed by atoms with E-state index in [1.165, 1.54) is 0 Å². The minimum atomic E-state index is -4.58. The SMILES string of the molecule is N#Cc1sc(NC(=O)c2ccc(C(F)(F)F)cc2)nc1-c1ccc(C(F)(F)F)cn1. The largest absolute Gasteiger partial charge is 0.417 e. The summed E-state index contributed by atoms with van der Waals surface area (Å²) in [6.45, 7) is 0. The van der Waals surface area contributed by atoms with Crippen LogP contribution in [0, 0.1) is 11.3 Å². The number of rotatable bonds is 3. The molecule has 0 aliphatic carbocycles. The minimum Gasteiger partial charge on any atom is -0.298 e. The van der Waals surface area contributed by atoms with Crippen LogP contribution >= 0.6 is 11.3 Å². The Balaban J connectivity index is 1.82. The van der Waals surface area contributed by atoms with Crippen molar-refractivity contribution >= 4 is 22.4 Å². The summed E-state index contributed by atoms with van der Waals surface area (Å²) < 4.78 is 75.7. The Labute approximate surface area is 168 Å². The van der Waals surface area contributed by atoms with E-state index in [2.05, 4.69) is 15.3 Å². The van der Waals surface area contributed by atoms with Crippen molar-refractivity contribution in [3.8, 4) is 17.5 Å². The number of hydrogen-bond donors (Lipinski definition) is 1. The molecule has 0 aliphatic heterocycles. The van der Waals surface area contributed by atoms with Gasteiger partial charge in [0.1, 0.15) is 16.6 Å². The molecule has 0 aliphatic rings. The van der Waals surface area contributed by atoms with Gasteiger partial charge in [-0.15, -0.1) is 0 Å². The maximum Gasteiger partial charge on any atom is 0.417 e. The van der Waals surface area contributed by atoms with Crippen molar-refractivity contribution in [2.75, 3.05) is 5.32 Å². The summed E-state index contributed by atoms with van der Waals surface area (Å²) in [4.78, 5) is 19.9. The Morgan fingerprint density at radius 1 is 0.967 bits per heavy atom. The van der Waals surface area contributed by atoms with Crippen molar-refractivity contribution in [1.82, 2.24) is 9.97 Å². The van der Waals surface area contributed by atoms with Crippen LogP contribution in [-0.4, -0.2) is 15.9 Å². The number of benzene rings is 1. The zero-order valence-electron chi connectivity index (χ0n) is 14.5. The molecule has 30 heavy (non-hydrogen) atoms. The first-order chi connectivity index (χ1) is 14.0. The Bertz CT molecular complexity index is 1110. The number of carbonyl (C=O) groups is 1. The maximum absolute atomic E-state index is 12.7. The summed E-state index contributed by atoms with van der Waals surface area (Å²) in [6, 6.07) is 7.09. The van der Waals surface area contributed by atoms with Gasteiger partial charge in [-0.2, -0.15) is 31.6 Å². The summed E-state index contributed by atoms with van der Waals surface area (Å²) >= 11 is 0.748. The summed E-state index contributed by atoms with van der Waals surface area (Å²) in [5.74, 6) is -0.770. The first kappa shape index (κ1) is 21.3. The average Bonchev–Trinajstić information content (AvgIpc) is 3.09. The molecule has 3 rings (SSSR count). The summed E-state index contributed by atoms with van der Waals surface area (Å²) in [5.41, 5.74) is -2.01. The number of thiazole rings is 1. The third-order valence-electron chi connectivity index (χ3n) is 3.76. The van der Waals surface area contributed by atoms with Crippen molar-refractivity contribution in [3.63, 3.8) is 0 Å². The monoisotopic (exact) mass is 442 g/mol. The highest BCUT2D eigenvalue weighted by molar-refractivity contribution is 7.16. The molecule has 3 aromatic rings. The van der Waals surface area contributed by atoms with Crippen molar-refractivity contribution < 1.29 is 31.1 Å². The third-order valence-corrected chi connectivity index (χ3v) is 4.63. The molecule has 0 fully saturated rings. The quantitative estimate of drug-likeness (QED) is 0.554. The third kappa shape index (κ3) is 4.57. The molecule has 0 saturated carbocycles. The van der Waals surface area contributed by atoms with E-state index >= 15 is 0 Å². The zero-order valence-corrected chi connectivity index (χ0v) is 15.3.